The summed E-state index contributed by atoms with van der Waals surface area (Å²) in [6.45, 7) is 0. The highest BCUT2D eigenvalue weighted by molar-refractivity contribution is 5.79. The average molecular weight is 331 g/mol. The Morgan fingerprint density at radius 1 is 0.800 bits per heavy atom. The van der Waals surface area contributed by atoms with Crippen LogP contribution >= 0.6 is 0 Å². The normalized spacial score (nSPS) is 11.7. The fourth-order valence-electron chi connectivity index (χ4n) is 2.83. The Bertz CT molecular complexity index is 798. The summed E-state index contributed by atoms with van der Waals surface area (Å²) in [7, 11) is 0. The minimum absolute atomic E-state index is 0.0320. The third kappa shape index (κ3) is 4.95. The molecule has 1 unspecified atom stereocenters. The Morgan fingerprint density at radius 3 is 2.04 bits per heavy atom. The molecular formula is C22H21NO2. The number of amides is 1. The van der Waals surface area contributed by atoms with Crippen molar-refractivity contribution in [2.24, 2.45) is 0 Å². The zero-order valence-electron chi connectivity index (χ0n) is 13.9. The van der Waals surface area contributed by atoms with Crippen LogP contribution < -0.4 is 5.32 Å². The maximum Gasteiger partial charge on any atom is 0.224 e. The first-order valence-corrected chi connectivity index (χ1v) is 8.37. The van der Waals surface area contributed by atoms with Crippen LogP contribution in [0.4, 0.5) is 0 Å². The van der Waals surface area contributed by atoms with Crippen molar-refractivity contribution < 1.29 is 9.90 Å². The van der Waals surface area contributed by atoms with Gasteiger partial charge in [-0.3, -0.25) is 4.79 Å². The molecule has 25 heavy (non-hydrogen) atoms. The van der Waals surface area contributed by atoms with E-state index in [4.69, 9.17) is 0 Å². The van der Waals surface area contributed by atoms with E-state index in [-0.39, 0.29) is 17.7 Å². The van der Waals surface area contributed by atoms with Crippen molar-refractivity contribution in [1.29, 1.82) is 0 Å². The van der Waals surface area contributed by atoms with E-state index in [1.54, 1.807) is 24.3 Å². The van der Waals surface area contributed by atoms with Crippen LogP contribution in [-0.2, 0) is 17.6 Å². The quantitative estimate of drug-likeness (QED) is 0.716. The molecule has 0 bridgehead atoms. The smallest absolute Gasteiger partial charge is 0.224 e. The van der Waals surface area contributed by atoms with Gasteiger partial charge in [-0.15, -0.1) is 0 Å². The first-order valence-electron chi connectivity index (χ1n) is 8.37. The van der Waals surface area contributed by atoms with Gasteiger partial charge < -0.3 is 10.4 Å². The minimum atomic E-state index is -0.0757. The lowest BCUT2D eigenvalue weighted by atomic mass is 9.98. The summed E-state index contributed by atoms with van der Waals surface area (Å²) in [5.41, 5.74) is 3.15. The summed E-state index contributed by atoms with van der Waals surface area (Å²) >= 11 is 0. The van der Waals surface area contributed by atoms with Gasteiger partial charge in [0.15, 0.2) is 0 Å². The molecule has 3 heteroatoms. The third-order valence-electron chi connectivity index (χ3n) is 4.12. The van der Waals surface area contributed by atoms with E-state index in [9.17, 15) is 9.90 Å². The van der Waals surface area contributed by atoms with Gasteiger partial charge in [-0.1, -0.05) is 72.8 Å². The van der Waals surface area contributed by atoms with E-state index in [1.165, 1.54) is 5.56 Å². The molecule has 0 radical (unpaired) electrons. The number of hydrogen-bond donors (Lipinski definition) is 2. The van der Waals surface area contributed by atoms with Gasteiger partial charge in [-0.05, 0) is 35.2 Å². The summed E-state index contributed by atoms with van der Waals surface area (Å²) in [5.74, 6) is 0.172. The summed E-state index contributed by atoms with van der Waals surface area (Å²) in [5, 5.41) is 12.5. The standard InChI is InChI=1S/C22H21NO2/c24-20-13-11-18(12-14-20)16-22(25)23-21(19-9-5-2-6-10-19)15-17-7-3-1-4-8-17/h1-14,21,24H,15-16H2,(H,23,25). The van der Waals surface area contributed by atoms with E-state index in [0.29, 0.717) is 6.42 Å². The molecule has 1 amide bonds. The van der Waals surface area contributed by atoms with E-state index < -0.39 is 0 Å². The monoisotopic (exact) mass is 331 g/mol. The van der Waals surface area contributed by atoms with Crippen LogP contribution in [0, 0.1) is 0 Å². The lowest BCUT2D eigenvalue weighted by Crippen LogP contribution is -2.31. The molecule has 0 aliphatic rings. The van der Waals surface area contributed by atoms with Crippen molar-refractivity contribution in [1.82, 2.24) is 5.32 Å². The van der Waals surface area contributed by atoms with Crippen molar-refractivity contribution in [3.8, 4) is 5.75 Å². The Labute approximate surface area is 148 Å². The molecule has 126 valence electrons. The maximum absolute atomic E-state index is 12.5. The number of hydrogen-bond acceptors (Lipinski definition) is 2. The molecular weight excluding hydrogens is 310 g/mol. The second kappa shape index (κ2) is 8.15. The fraction of sp³-hybridized carbons (Fsp3) is 0.136. The zero-order chi connectivity index (χ0) is 17.5. The summed E-state index contributed by atoms with van der Waals surface area (Å²) in [6, 6.07) is 26.8. The van der Waals surface area contributed by atoms with Crippen molar-refractivity contribution in [3.63, 3.8) is 0 Å². The summed E-state index contributed by atoms with van der Waals surface area (Å²) in [4.78, 5) is 12.5. The Morgan fingerprint density at radius 2 is 1.40 bits per heavy atom. The Hall–Kier alpha value is -3.07. The number of nitrogens with one attached hydrogen (secondary N) is 1. The lowest BCUT2D eigenvalue weighted by molar-refractivity contribution is -0.121. The van der Waals surface area contributed by atoms with Gasteiger partial charge in [0.1, 0.15) is 5.75 Å². The second-order valence-corrected chi connectivity index (χ2v) is 6.06. The van der Waals surface area contributed by atoms with E-state index in [1.807, 2.05) is 48.5 Å². The van der Waals surface area contributed by atoms with Gasteiger partial charge in [0, 0.05) is 0 Å². The molecule has 0 aromatic heterocycles. The number of phenolic OH excluding ortho intramolecular Hbond substituents is 1. The highest BCUT2D eigenvalue weighted by atomic mass is 16.3. The third-order valence-corrected chi connectivity index (χ3v) is 4.12. The van der Waals surface area contributed by atoms with E-state index in [0.717, 1.165) is 17.5 Å². The maximum atomic E-state index is 12.5. The van der Waals surface area contributed by atoms with Crippen LogP contribution in [0.3, 0.4) is 0 Å². The van der Waals surface area contributed by atoms with Crippen LogP contribution in [0.25, 0.3) is 0 Å². The molecule has 0 aliphatic carbocycles. The zero-order valence-corrected chi connectivity index (χ0v) is 13.9. The number of carbonyl (C=O) groups is 1. The predicted octanol–water partition coefficient (Wildman–Crippen LogP) is 4.03. The van der Waals surface area contributed by atoms with Gasteiger partial charge in [0.25, 0.3) is 0 Å². The molecule has 0 aliphatic heterocycles. The molecule has 3 aromatic carbocycles. The molecule has 1 atom stereocenters. The predicted molar refractivity (Wildman–Crippen MR) is 99.3 cm³/mol. The first kappa shape index (κ1) is 16.8. The molecule has 0 saturated heterocycles. The highest BCUT2D eigenvalue weighted by Crippen LogP contribution is 2.19. The molecule has 3 aromatic rings. The minimum Gasteiger partial charge on any atom is -0.508 e. The van der Waals surface area contributed by atoms with Crippen LogP contribution in [0.5, 0.6) is 5.75 Å². The molecule has 0 saturated carbocycles. The fourth-order valence-corrected chi connectivity index (χ4v) is 2.83. The highest BCUT2D eigenvalue weighted by Gasteiger charge is 2.15. The topological polar surface area (TPSA) is 49.3 Å². The average Bonchev–Trinajstić information content (AvgIpc) is 2.65. The second-order valence-electron chi connectivity index (χ2n) is 6.06. The summed E-state index contributed by atoms with van der Waals surface area (Å²) in [6.07, 6.45) is 1.03. The van der Waals surface area contributed by atoms with Crippen molar-refractivity contribution in [2.45, 2.75) is 18.9 Å². The van der Waals surface area contributed by atoms with Gasteiger partial charge in [-0.25, -0.2) is 0 Å². The number of carbonyl (C=O) groups excluding carboxylic acids is 1. The van der Waals surface area contributed by atoms with Crippen molar-refractivity contribution in [3.05, 3.63) is 102 Å². The van der Waals surface area contributed by atoms with Crippen LogP contribution in [0.15, 0.2) is 84.9 Å². The molecule has 3 nitrogen and oxygen atoms in total. The van der Waals surface area contributed by atoms with Crippen LogP contribution in [0.1, 0.15) is 22.7 Å². The number of phenols is 1. The van der Waals surface area contributed by atoms with Gasteiger partial charge in [0.2, 0.25) is 5.91 Å². The van der Waals surface area contributed by atoms with Crippen molar-refractivity contribution in [2.75, 3.05) is 0 Å². The van der Waals surface area contributed by atoms with Gasteiger partial charge >= 0.3 is 0 Å². The lowest BCUT2D eigenvalue weighted by Gasteiger charge is -2.19. The van der Waals surface area contributed by atoms with E-state index in [2.05, 4.69) is 17.4 Å². The van der Waals surface area contributed by atoms with Crippen molar-refractivity contribution >= 4 is 5.91 Å². The van der Waals surface area contributed by atoms with Crippen LogP contribution in [-0.4, -0.2) is 11.0 Å². The SMILES string of the molecule is O=C(Cc1ccc(O)cc1)NC(Cc1ccccc1)c1ccccc1. The van der Waals surface area contributed by atoms with Gasteiger partial charge in [-0.2, -0.15) is 0 Å². The number of rotatable bonds is 6. The van der Waals surface area contributed by atoms with Crippen LogP contribution in [0.2, 0.25) is 0 Å². The molecule has 2 N–H and O–H groups in total. The first-order chi connectivity index (χ1) is 12.2. The molecule has 0 heterocycles. The number of aromatic hydroxyl groups is 1. The Kier molecular flexibility index (Phi) is 5.47. The Balaban J connectivity index is 1.72. The summed E-state index contributed by atoms with van der Waals surface area (Å²) < 4.78 is 0. The largest absolute Gasteiger partial charge is 0.508 e. The molecule has 0 spiro atoms. The molecule has 0 fully saturated rings. The number of benzene rings is 3. The van der Waals surface area contributed by atoms with Gasteiger partial charge in [0.05, 0.1) is 12.5 Å². The molecule has 3 rings (SSSR count). The van der Waals surface area contributed by atoms with E-state index >= 15 is 0 Å².